The lowest BCUT2D eigenvalue weighted by Gasteiger charge is -2.21. The average Bonchev–Trinajstić information content (AvgIpc) is 2.69. The summed E-state index contributed by atoms with van der Waals surface area (Å²) in [4.78, 5) is 44.9. The monoisotopic (exact) mass is 382 g/mol. The Hall–Kier alpha value is -3.20. The third kappa shape index (κ3) is 11.9. The topological polar surface area (TPSA) is 114 Å². The van der Waals surface area contributed by atoms with Gasteiger partial charge < -0.3 is 23.7 Å². The molecule has 0 N–H and O–H groups in total. The summed E-state index contributed by atoms with van der Waals surface area (Å²) in [6.45, 7) is 11.9. The normalized spacial score (nSPS) is 10.9. The molecule has 0 aromatic heterocycles. The van der Waals surface area contributed by atoms with Gasteiger partial charge in [0.15, 0.2) is 6.10 Å². The van der Waals surface area contributed by atoms with Crippen molar-refractivity contribution in [2.24, 2.45) is 0 Å². The fraction of sp³-hybridized carbons (Fsp3) is 0.333. The van der Waals surface area contributed by atoms with Gasteiger partial charge in [0.25, 0.3) is 0 Å². The molecule has 0 amide bonds. The lowest BCUT2D eigenvalue weighted by molar-refractivity contribution is -0.163. The summed E-state index contributed by atoms with van der Waals surface area (Å²) >= 11 is 0. The van der Waals surface area contributed by atoms with Crippen LogP contribution in [0.2, 0.25) is 0 Å². The highest BCUT2D eigenvalue weighted by molar-refractivity contribution is 5.82. The van der Waals surface area contributed by atoms with Gasteiger partial charge in [0, 0.05) is 24.3 Å². The van der Waals surface area contributed by atoms with E-state index < -0.39 is 36.1 Å². The van der Waals surface area contributed by atoms with Crippen molar-refractivity contribution >= 4 is 23.9 Å². The van der Waals surface area contributed by atoms with E-state index in [0.29, 0.717) is 0 Å². The van der Waals surface area contributed by atoms with Crippen LogP contribution in [0.5, 0.6) is 0 Å². The van der Waals surface area contributed by atoms with Crippen LogP contribution in [0.15, 0.2) is 50.6 Å². The van der Waals surface area contributed by atoms with Gasteiger partial charge in [-0.05, 0) is 0 Å². The first-order chi connectivity index (χ1) is 12.9. The summed E-state index contributed by atoms with van der Waals surface area (Å²) < 4.78 is 25.0. The SMILES string of the molecule is C=CC(=O)OCC(COC(=O)C=C)OCC(COC(=O)C=C)OC(=O)C=C. The van der Waals surface area contributed by atoms with Crippen LogP contribution in [0.4, 0.5) is 0 Å². The second kappa shape index (κ2) is 14.0. The van der Waals surface area contributed by atoms with Crippen LogP contribution < -0.4 is 0 Å². The molecule has 0 radical (unpaired) electrons. The van der Waals surface area contributed by atoms with Gasteiger partial charge >= 0.3 is 23.9 Å². The van der Waals surface area contributed by atoms with E-state index in [-0.39, 0.29) is 26.4 Å². The number of carbonyl (C=O) groups excluding carboxylic acids is 4. The predicted octanol–water partition coefficient (Wildman–Crippen LogP) is 0.657. The van der Waals surface area contributed by atoms with E-state index in [0.717, 1.165) is 24.3 Å². The number of esters is 4. The van der Waals surface area contributed by atoms with E-state index in [1.807, 2.05) is 0 Å². The van der Waals surface area contributed by atoms with Crippen LogP contribution in [-0.4, -0.2) is 62.5 Å². The minimum atomic E-state index is -0.980. The molecule has 0 bridgehead atoms. The van der Waals surface area contributed by atoms with E-state index in [2.05, 4.69) is 26.3 Å². The molecule has 0 saturated heterocycles. The molecule has 0 aliphatic rings. The molecule has 1 atom stereocenters. The zero-order valence-corrected chi connectivity index (χ0v) is 14.8. The molecule has 0 aromatic carbocycles. The first kappa shape index (κ1) is 23.8. The number of hydrogen-bond acceptors (Lipinski definition) is 9. The molecule has 0 aromatic rings. The minimum Gasteiger partial charge on any atom is -0.460 e. The van der Waals surface area contributed by atoms with Crippen molar-refractivity contribution in [1.82, 2.24) is 0 Å². The van der Waals surface area contributed by atoms with Crippen molar-refractivity contribution in [1.29, 1.82) is 0 Å². The Morgan fingerprint density at radius 2 is 0.963 bits per heavy atom. The molecule has 1 unspecified atom stereocenters. The highest BCUT2D eigenvalue weighted by Crippen LogP contribution is 2.03. The van der Waals surface area contributed by atoms with E-state index in [4.69, 9.17) is 23.7 Å². The fourth-order valence-electron chi connectivity index (χ4n) is 1.42. The molecule has 148 valence electrons. The minimum absolute atomic E-state index is 0.244. The van der Waals surface area contributed by atoms with Gasteiger partial charge in [-0.2, -0.15) is 0 Å². The van der Waals surface area contributed by atoms with Gasteiger partial charge in [0.05, 0.1) is 6.61 Å². The van der Waals surface area contributed by atoms with Gasteiger partial charge in [-0.15, -0.1) is 0 Å². The van der Waals surface area contributed by atoms with Crippen molar-refractivity contribution in [2.45, 2.75) is 12.2 Å². The van der Waals surface area contributed by atoms with E-state index >= 15 is 0 Å². The molecule has 27 heavy (non-hydrogen) atoms. The maximum absolute atomic E-state index is 11.4. The third-order valence-corrected chi connectivity index (χ3v) is 2.70. The number of hydrogen-bond donors (Lipinski definition) is 0. The Labute approximate surface area is 156 Å². The Morgan fingerprint density at radius 1 is 0.593 bits per heavy atom. The Bertz CT molecular complexity index is 555. The van der Waals surface area contributed by atoms with Crippen molar-refractivity contribution in [2.75, 3.05) is 26.4 Å². The van der Waals surface area contributed by atoms with Crippen LogP contribution in [0.25, 0.3) is 0 Å². The quantitative estimate of drug-likeness (QED) is 0.243. The van der Waals surface area contributed by atoms with E-state index in [1.54, 1.807) is 0 Å². The third-order valence-electron chi connectivity index (χ3n) is 2.70. The predicted molar refractivity (Wildman–Crippen MR) is 93.3 cm³/mol. The zero-order valence-electron chi connectivity index (χ0n) is 14.8. The summed E-state index contributed by atoms with van der Waals surface area (Å²) in [5.74, 6) is -2.88. The molecular weight excluding hydrogens is 360 g/mol. The van der Waals surface area contributed by atoms with Crippen LogP contribution in [0, 0.1) is 0 Å². The summed E-state index contributed by atoms with van der Waals surface area (Å²) in [6.07, 6.45) is 1.92. The Morgan fingerprint density at radius 3 is 1.33 bits per heavy atom. The standard InChI is InChI=1S/C18H22O9/c1-5-15(19)24-9-13(10-25-16(20)6-2)23-11-14(27-18(22)8-4)12-26-17(21)7-3/h5-8,13-14H,1-4,9-12H2. The number of rotatable bonds is 14. The number of ether oxygens (including phenoxy) is 5. The summed E-state index contributed by atoms with van der Waals surface area (Å²) in [5, 5.41) is 0. The molecule has 9 nitrogen and oxygen atoms in total. The smallest absolute Gasteiger partial charge is 0.330 e. The largest absolute Gasteiger partial charge is 0.460 e. The molecule has 0 spiro atoms. The lowest BCUT2D eigenvalue weighted by Crippen LogP contribution is -2.35. The maximum atomic E-state index is 11.4. The molecule has 9 heteroatoms. The van der Waals surface area contributed by atoms with Crippen molar-refractivity contribution in [3.63, 3.8) is 0 Å². The summed E-state index contributed by atoms with van der Waals surface area (Å²) in [6, 6.07) is 0. The summed E-state index contributed by atoms with van der Waals surface area (Å²) in [7, 11) is 0. The molecule has 0 heterocycles. The second-order valence-corrected chi connectivity index (χ2v) is 4.72. The van der Waals surface area contributed by atoms with Crippen molar-refractivity contribution in [3.8, 4) is 0 Å². The fourth-order valence-corrected chi connectivity index (χ4v) is 1.42. The van der Waals surface area contributed by atoms with Crippen LogP contribution in [-0.2, 0) is 42.9 Å². The maximum Gasteiger partial charge on any atom is 0.330 e. The Kier molecular flexibility index (Phi) is 12.4. The van der Waals surface area contributed by atoms with Crippen LogP contribution in [0.1, 0.15) is 0 Å². The zero-order chi connectivity index (χ0) is 20.7. The van der Waals surface area contributed by atoms with Crippen LogP contribution >= 0.6 is 0 Å². The lowest BCUT2D eigenvalue weighted by atomic mass is 10.3. The van der Waals surface area contributed by atoms with Crippen LogP contribution in [0.3, 0.4) is 0 Å². The van der Waals surface area contributed by atoms with E-state index in [1.165, 1.54) is 0 Å². The first-order valence-electron chi connectivity index (χ1n) is 7.68. The highest BCUT2D eigenvalue weighted by Gasteiger charge is 2.20. The van der Waals surface area contributed by atoms with Gasteiger partial charge in [0.1, 0.15) is 25.9 Å². The molecule has 0 aliphatic carbocycles. The molecule has 0 saturated carbocycles. The van der Waals surface area contributed by atoms with Gasteiger partial charge in [-0.3, -0.25) is 0 Å². The molecule has 0 fully saturated rings. The molecular formula is C18H22O9. The van der Waals surface area contributed by atoms with Gasteiger partial charge in [0.2, 0.25) is 0 Å². The first-order valence-corrected chi connectivity index (χ1v) is 7.68. The molecule has 0 rings (SSSR count). The van der Waals surface area contributed by atoms with Crippen molar-refractivity contribution < 1.29 is 42.9 Å². The number of carbonyl (C=O) groups is 4. The average molecular weight is 382 g/mol. The second-order valence-electron chi connectivity index (χ2n) is 4.72. The van der Waals surface area contributed by atoms with Crippen molar-refractivity contribution in [3.05, 3.63) is 50.6 Å². The van der Waals surface area contributed by atoms with E-state index in [9.17, 15) is 19.2 Å². The van der Waals surface area contributed by atoms with Gasteiger partial charge in [-0.25, -0.2) is 19.2 Å². The highest BCUT2D eigenvalue weighted by atomic mass is 16.6. The van der Waals surface area contributed by atoms with Gasteiger partial charge in [-0.1, -0.05) is 26.3 Å². The molecule has 0 aliphatic heterocycles. The summed E-state index contributed by atoms with van der Waals surface area (Å²) in [5.41, 5.74) is 0. The Balaban J connectivity index is 4.83.